The van der Waals surface area contributed by atoms with Gasteiger partial charge in [0.05, 0.1) is 11.6 Å². The van der Waals surface area contributed by atoms with Gasteiger partial charge in [-0.2, -0.15) is 5.26 Å². The number of carbonyl (C=O) groups excluding carboxylic acids is 1. The number of thiazole rings is 1. The summed E-state index contributed by atoms with van der Waals surface area (Å²) in [6.07, 6.45) is -4.75. The van der Waals surface area contributed by atoms with Gasteiger partial charge in [-0.25, -0.2) is 4.98 Å². The first kappa shape index (κ1) is 19.2. The predicted molar refractivity (Wildman–Crippen MR) is 97.6 cm³/mol. The van der Waals surface area contributed by atoms with Crippen molar-refractivity contribution >= 4 is 33.8 Å². The summed E-state index contributed by atoms with van der Waals surface area (Å²) in [5, 5.41) is 16.3. The summed E-state index contributed by atoms with van der Waals surface area (Å²) < 4.78 is 40.3. The number of carbonyl (C=O) groups is 1. The number of halogens is 3. The van der Waals surface area contributed by atoms with Crippen molar-refractivity contribution in [3.8, 4) is 11.8 Å². The van der Waals surface area contributed by atoms with Gasteiger partial charge in [-0.1, -0.05) is 6.07 Å². The summed E-state index contributed by atoms with van der Waals surface area (Å²) in [7, 11) is 0. The molecule has 0 spiro atoms. The molecule has 0 aliphatic carbocycles. The number of ether oxygens (including phenoxy) is 1. The molecule has 0 saturated heterocycles. The number of anilines is 3. The van der Waals surface area contributed by atoms with Crippen molar-refractivity contribution in [3.63, 3.8) is 0 Å². The van der Waals surface area contributed by atoms with Crippen LogP contribution < -0.4 is 15.4 Å². The third-order valence-corrected chi connectivity index (χ3v) is 4.08. The average Bonchev–Trinajstić information content (AvgIpc) is 3.11. The third kappa shape index (κ3) is 5.21. The van der Waals surface area contributed by atoms with E-state index in [-0.39, 0.29) is 11.4 Å². The van der Waals surface area contributed by atoms with Gasteiger partial charge >= 0.3 is 6.36 Å². The topological polar surface area (TPSA) is 87.0 Å². The van der Waals surface area contributed by atoms with E-state index >= 15 is 0 Å². The zero-order valence-corrected chi connectivity index (χ0v) is 14.8. The number of nitrogens with zero attached hydrogens (tertiary/aromatic N) is 2. The first-order valence-electron chi connectivity index (χ1n) is 7.72. The van der Waals surface area contributed by atoms with E-state index in [1.165, 1.54) is 35.7 Å². The molecular formula is C18H11F3N4O2S. The molecule has 1 aromatic heterocycles. The maximum absolute atomic E-state index is 12.3. The van der Waals surface area contributed by atoms with Crippen molar-refractivity contribution in [3.05, 3.63) is 65.2 Å². The Morgan fingerprint density at radius 3 is 2.57 bits per heavy atom. The second-order valence-electron chi connectivity index (χ2n) is 5.38. The molecule has 2 aromatic carbocycles. The van der Waals surface area contributed by atoms with Crippen LogP contribution in [0.2, 0.25) is 0 Å². The fourth-order valence-corrected chi connectivity index (χ4v) is 2.87. The van der Waals surface area contributed by atoms with Crippen LogP contribution in [0, 0.1) is 11.3 Å². The van der Waals surface area contributed by atoms with Gasteiger partial charge in [0.25, 0.3) is 5.91 Å². The molecule has 0 radical (unpaired) electrons. The summed E-state index contributed by atoms with van der Waals surface area (Å²) in [5.41, 5.74) is 1.52. The standard InChI is InChI=1S/C18H11F3N4O2S/c19-18(20,21)27-14-6-4-12(5-7-14)24-17-25-15(10-28-17)16(26)23-13-3-1-2-11(8-13)9-22/h1-8,10H,(H,23,26)(H,24,25). The van der Waals surface area contributed by atoms with E-state index in [0.29, 0.717) is 22.1 Å². The van der Waals surface area contributed by atoms with Gasteiger partial charge in [0.15, 0.2) is 5.13 Å². The number of hydrogen-bond acceptors (Lipinski definition) is 6. The molecule has 0 fully saturated rings. The van der Waals surface area contributed by atoms with Gasteiger partial charge in [-0.05, 0) is 42.5 Å². The molecule has 0 aliphatic heterocycles. The Balaban J connectivity index is 1.63. The maximum atomic E-state index is 12.3. The molecule has 3 aromatic rings. The number of rotatable bonds is 5. The average molecular weight is 404 g/mol. The molecule has 1 amide bonds. The van der Waals surface area contributed by atoms with Crippen LogP contribution in [0.5, 0.6) is 5.75 Å². The van der Waals surface area contributed by atoms with E-state index in [4.69, 9.17) is 5.26 Å². The Labute approximate surface area is 161 Å². The summed E-state index contributed by atoms with van der Waals surface area (Å²) in [6, 6.07) is 13.6. The van der Waals surface area contributed by atoms with E-state index in [1.54, 1.807) is 18.2 Å². The van der Waals surface area contributed by atoms with Crippen molar-refractivity contribution in [2.24, 2.45) is 0 Å². The Bertz CT molecular complexity index is 1030. The third-order valence-electron chi connectivity index (χ3n) is 3.33. The molecule has 28 heavy (non-hydrogen) atoms. The van der Waals surface area contributed by atoms with Gasteiger partial charge in [0.2, 0.25) is 0 Å². The molecule has 10 heteroatoms. The lowest BCUT2D eigenvalue weighted by Crippen LogP contribution is -2.16. The largest absolute Gasteiger partial charge is 0.573 e. The normalized spacial score (nSPS) is 10.8. The van der Waals surface area contributed by atoms with Gasteiger partial charge in [-0.15, -0.1) is 24.5 Å². The molecule has 3 rings (SSSR count). The van der Waals surface area contributed by atoms with E-state index in [9.17, 15) is 18.0 Å². The summed E-state index contributed by atoms with van der Waals surface area (Å²) in [6.45, 7) is 0. The molecule has 142 valence electrons. The number of amides is 1. The molecule has 0 saturated carbocycles. The molecular weight excluding hydrogens is 393 g/mol. The summed E-state index contributed by atoms with van der Waals surface area (Å²) in [5.74, 6) is -0.787. The van der Waals surface area contributed by atoms with E-state index < -0.39 is 12.3 Å². The van der Waals surface area contributed by atoms with Crippen LogP contribution in [0.15, 0.2) is 53.9 Å². The van der Waals surface area contributed by atoms with Crippen LogP contribution in [-0.2, 0) is 0 Å². The van der Waals surface area contributed by atoms with Crippen molar-refractivity contribution in [2.75, 3.05) is 10.6 Å². The van der Waals surface area contributed by atoms with Crippen molar-refractivity contribution < 1.29 is 22.7 Å². The highest BCUT2D eigenvalue weighted by molar-refractivity contribution is 7.14. The van der Waals surface area contributed by atoms with Gasteiger partial charge in [0, 0.05) is 16.8 Å². The number of nitrogens with one attached hydrogen (secondary N) is 2. The minimum atomic E-state index is -4.75. The fraction of sp³-hybridized carbons (Fsp3) is 0.0556. The van der Waals surface area contributed by atoms with Gasteiger partial charge in [0.1, 0.15) is 11.4 Å². The minimum absolute atomic E-state index is 0.159. The number of nitriles is 1. The second-order valence-corrected chi connectivity index (χ2v) is 6.24. The number of alkyl halides is 3. The number of benzene rings is 2. The SMILES string of the molecule is N#Cc1cccc(NC(=O)c2csc(Nc3ccc(OC(F)(F)F)cc3)n2)c1. The highest BCUT2D eigenvalue weighted by Crippen LogP contribution is 2.26. The predicted octanol–water partition coefficient (Wildman–Crippen LogP) is 4.91. The maximum Gasteiger partial charge on any atom is 0.573 e. The monoisotopic (exact) mass is 404 g/mol. The van der Waals surface area contributed by atoms with Gasteiger partial charge in [-0.3, -0.25) is 4.79 Å². The molecule has 0 bridgehead atoms. The number of hydrogen-bond donors (Lipinski definition) is 2. The van der Waals surface area contributed by atoms with Crippen LogP contribution in [0.1, 0.15) is 16.1 Å². The first-order valence-corrected chi connectivity index (χ1v) is 8.60. The van der Waals surface area contributed by atoms with Crippen LogP contribution in [0.25, 0.3) is 0 Å². The van der Waals surface area contributed by atoms with Crippen LogP contribution in [-0.4, -0.2) is 17.3 Å². The Kier molecular flexibility index (Phi) is 5.47. The summed E-state index contributed by atoms with van der Waals surface area (Å²) >= 11 is 1.16. The lowest BCUT2D eigenvalue weighted by molar-refractivity contribution is -0.274. The van der Waals surface area contributed by atoms with E-state index in [1.807, 2.05) is 6.07 Å². The Morgan fingerprint density at radius 1 is 1.14 bits per heavy atom. The lowest BCUT2D eigenvalue weighted by Gasteiger charge is -2.09. The van der Waals surface area contributed by atoms with Crippen LogP contribution in [0.4, 0.5) is 29.7 Å². The zero-order valence-electron chi connectivity index (χ0n) is 13.9. The molecule has 6 nitrogen and oxygen atoms in total. The lowest BCUT2D eigenvalue weighted by atomic mass is 10.2. The molecule has 0 unspecified atom stereocenters. The molecule has 1 heterocycles. The Morgan fingerprint density at radius 2 is 1.89 bits per heavy atom. The van der Waals surface area contributed by atoms with Crippen LogP contribution >= 0.6 is 11.3 Å². The molecule has 0 atom stereocenters. The van der Waals surface area contributed by atoms with Crippen molar-refractivity contribution in [1.82, 2.24) is 4.98 Å². The van der Waals surface area contributed by atoms with Gasteiger partial charge < -0.3 is 15.4 Å². The number of aromatic nitrogens is 1. The highest BCUT2D eigenvalue weighted by Gasteiger charge is 2.30. The quantitative estimate of drug-likeness (QED) is 0.631. The van der Waals surface area contributed by atoms with E-state index in [2.05, 4.69) is 20.4 Å². The Hall–Kier alpha value is -3.58. The minimum Gasteiger partial charge on any atom is -0.406 e. The smallest absolute Gasteiger partial charge is 0.406 e. The van der Waals surface area contributed by atoms with E-state index in [0.717, 1.165) is 11.3 Å². The highest BCUT2D eigenvalue weighted by atomic mass is 32.1. The fourth-order valence-electron chi connectivity index (χ4n) is 2.16. The zero-order chi connectivity index (χ0) is 20.1. The van der Waals surface area contributed by atoms with Crippen molar-refractivity contribution in [1.29, 1.82) is 5.26 Å². The van der Waals surface area contributed by atoms with Crippen LogP contribution in [0.3, 0.4) is 0 Å². The second kappa shape index (κ2) is 7.98. The first-order chi connectivity index (χ1) is 13.3. The molecule has 0 aliphatic rings. The molecule has 2 N–H and O–H groups in total. The summed E-state index contributed by atoms with van der Waals surface area (Å²) in [4.78, 5) is 16.4. The van der Waals surface area contributed by atoms with Crippen molar-refractivity contribution in [2.45, 2.75) is 6.36 Å².